The molecule has 13 heavy (non-hydrogen) atoms. The van der Waals surface area contributed by atoms with Crippen LogP contribution in [0.4, 0.5) is 4.39 Å². The molecule has 0 saturated heterocycles. The first-order valence-corrected chi connectivity index (χ1v) is 3.91. The molecule has 0 aromatic carbocycles. The van der Waals surface area contributed by atoms with Crippen molar-refractivity contribution in [2.24, 2.45) is 0 Å². The molecule has 3 nitrogen and oxygen atoms in total. The third kappa shape index (κ3) is 2.02. The lowest BCUT2D eigenvalue weighted by atomic mass is 10.0. The minimum Gasteiger partial charge on any atom is -0.478 e. The van der Waals surface area contributed by atoms with E-state index in [0.717, 1.165) is 12.3 Å². The van der Waals surface area contributed by atoms with Crippen LogP contribution in [0.5, 0.6) is 0 Å². The molecular formula is C9H10FNO2. The smallest absolute Gasteiger partial charge is 0.337 e. The van der Waals surface area contributed by atoms with E-state index in [0.29, 0.717) is 5.69 Å². The van der Waals surface area contributed by atoms with Gasteiger partial charge in [-0.2, -0.15) is 0 Å². The summed E-state index contributed by atoms with van der Waals surface area (Å²) >= 11 is 0. The van der Waals surface area contributed by atoms with Crippen molar-refractivity contribution in [3.63, 3.8) is 0 Å². The molecule has 1 aromatic heterocycles. The molecule has 1 aromatic rings. The predicted molar refractivity (Wildman–Crippen MR) is 45.2 cm³/mol. The molecule has 0 radical (unpaired) electrons. The highest BCUT2D eigenvalue weighted by Gasteiger charge is 2.14. The lowest BCUT2D eigenvalue weighted by Gasteiger charge is -2.07. The summed E-state index contributed by atoms with van der Waals surface area (Å²) in [5.41, 5.74) is 0.351. The van der Waals surface area contributed by atoms with Gasteiger partial charge in [-0.15, -0.1) is 0 Å². The molecule has 1 N–H and O–H groups in total. The average Bonchev–Trinajstić information content (AvgIpc) is 2.03. The Hall–Kier alpha value is -1.45. The topological polar surface area (TPSA) is 50.2 Å². The van der Waals surface area contributed by atoms with Gasteiger partial charge in [-0.05, 0) is 12.0 Å². The molecule has 1 heterocycles. The summed E-state index contributed by atoms with van der Waals surface area (Å²) in [4.78, 5) is 14.4. The fraction of sp³-hybridized carbons (Fsp3) is 0.333. The number of aromatic nitrogens is 1. The first kappa shape index (κ1) is 9.64. The van der Waals surface area contributed by atoms with Crippen LogP contribution < -0.4 is 0 Å². The first-order valence-electron chi connectivity index (χ1n) is 3.91. The monoisotopic (exact) mass is 183 g/mol. The van der Waals surface area contributed by atoms with E-state index in [1.54, 1.807) is 0 Å². The van der Waals surface area contributed by atoms with E-state index in [2.05, 4.69) is 4.98 Å². The number of hydrogen-bond donors (Lipinski definition) is 1. The Bertz CT molecular complexity index is 336. The molecule has 1 rings (SSSR count). The van der Waals surface area contributed by atoms with Crippen molar-refractivity contribution in [2.45, 2.75) is 19.8 Å². The summed E-state index contributed by atoms with van der Waals surface area (Å²) in [6.45, 7) is 3.62. The number of nitrogens with zero attached hydrogens (tertiary/aromatic N) is 1. The fourth-order valence-corrected chi connectivity index (χ4v) is 1.08. The quantitative estimate of drug-likeness (QED) is 0.763. The number of aromatic carboxylic acids is 1. The summed E-state index contributed by atoms with van der Waals surface area (Å²) in [5, 5.41) is 8.73. The van der Waals surface area contributed by atoms with Gasteiger partial charge in [-0.1, -0.05) is 13.8 Å². The van der Waals surface area contributed by atoms with E-state index in [4.69, 9.17) is 5.11 Å². The number of pyridine rings is 1. The van der Waals surface area contributed by atoms with Gasteiger partial charge in [0, 0.05) is 0 Å². The predicted octanol–water partition coefficient (Wildman–Crippen LogP) is 2.04. The zero-order valence-electron chi connectivity index (χ0n) is 7.41. The van der Waals surface area contributed by atoms with Crippen molar-refractivity contribution < 1.29 is 14.3 Å². The maximum absolute atomic E-state index is 12.6. The number of carboxylic acid groups (broad SMARTS) is 1. The maximum Gasteiger partial charge on any atom is 0.337 e. The second kappa shape index (κ2) is 3.51. The van der Waals surface area contributed by atoms with Crippen LogP contribution in [0.15, 0.2) is 12.3 Å². The van der Waals surface area contributed by atoms with Crippen molar-refractivity contribution in [2.75, 3.05) is 0 Å². The Morgan fingerprint density at radius 2 is 2.23 bits per heavy atom. The fourth-order valence-electron chi connectivity index (χ4n) is 1.08. The van der Waals surface area contributed by atoms with Crippen LogP contribution in [0, 0.1) is 5.82 Å². The summed E-state index contributed by atoms with van der Waals surface area (Å²) < 4.78 is 12.6. The lowest BCUT2D eigenvalue weighted by molar-refractivity contribution is 0.0694. The Kier molecular flexibility index (Phi) is 2.60. The molecule has 0 unspecified atom stereocenters. The molecule has 0 aliphatic heterocycles. The van der Waals surface area contributed by atoms with Gasteiger partial charge in [-0.25, -0.2) is 9.18 Å². The van der Waals surface area contributed by atoms with Crippen molar-refractivity contribution >= 4 is 5.97 Å². The Morgan fingerprint density at radius 1 is 1.62 bits per heavy atom. The van der Waals surface area contributed by atoms with E-state index < -0.39 is 11.8 Å². The van der Waals surface area contributed by atoms with Gasteiger partial charge in [0.05, 0.1) is 17.5 Å². The highest BCUT2D eigenvalue weighted by Crippen LogP contribution is 2.17. The van der Waals surface area contributed by atoms with Crippen molar-refractivity contribution in [1.29, 1.82) is 0 Å². The molecule has 0 amide bonds. The van der Waals surface area contributed by atoms with Crippen LogP contribution in [-0.4, -0.2) is 16.1 Å². The van der Waals surface area contributed by atoms with E-state index in [9.17, 15) is 9.18 Å². The van der Waals surface area contributed by atoms with Gasteiger partial charge in [0.1, 0.15) is 5.82 Å². The average molecular weight is 183 g/mol. The normalized spacial score (nSPS) is 10.5. The molecule has 0 saturated carbocycles. The molecule has 0 aliphatic carbocycles. The standard InChI is InChI=1S/C9H10FNO2/c1-5(2)8-7(9(12)13)3-6(10)4-11-8/h3-5H,1-2H3,(H,12,13). The van der Waals surface area contributed by atoms with Gasteiger partial charge in [0.25, 0.3) is 0 Å². The molecule has 0 bridgehead atoms. The number of halogens is 1. The van der Waals surface area contributed by atoms with Crippen LogP contribution in [-0.2, 0) is 0 Å². The Morgan fingerprint density at radius 3 is 2.69 bits per heavy atom. The Labute approximate surface area is 75.2 Å². The maximum atomic E-state index is 12.6. The third-order valence-electron chi connectivity index (χ3n) is 1.66. The van der Waals surface area contributed by atoms with E-state index >= 15 is 0 Å². The zero-order chi connectivity index (χ0) is 10.0. The van der Waals surface area contributed by atoms with Gasteiger partial charge in [-0.3, -0.25) is 4.98 Å². The van der Waals surface area contributed by atoms with Gasteiger partial charge in [0.2, 0.25) is 0 Å². The molecule has 0 fully saturated rings. The summed E-state index contributed by atoms with van der Waals surface area (Å²) in [6, 6.07) is 0.991. The van der Waals surface area contributed by atoms with Crippen molar-refractivity contribution in [3.05, 3.63) is 29.3 Å². The van der Waals surface area contributed by atoms with E-state index in [1.165, 1.54) is 0 Å². The first-order chi connectivity index (χ1) is 6.02. The summed E-state index contributed by atoms with van der Waals surface area (Å²) in [7, 11) is 0. The number of hydrogen-bond acceptors (Lipinski definition) is 2. The Balaban J connectivity index is 3.27. The minimum absolute atomic E-state index is 0.0216. The summed E-state index contributed by atoms with van der Waals surface area (Å²) in [6.07, 6.45) is 1.03. The van der Waals surface area contributed by atoms with Gasteiger partial charge in [0.15, 0.2) is 0 Å². The SMILES string of the molecule is CC(C)c1ncc(F)cc1C(=O)O. The number of carbonyl (C=O) groups is 1. The van der Waals surface area contributed by atoms with E-state index in [-0.39, 0.29) is 11.5 Å². The second-order valence-electron chi connectivity index (χ2n) is 3.05. The molecule has 0 aliphatic rings. The van der Waals surface area contributed by atoms with Crippen LogP contribution in [0.1, 0.15) is 35.8 Å². The molecule has 70 valence electrons. The summed E-state index contributed by atoms with van der Waals surface area (Å²) in [5.74, 6) is -1.79. The molecule has 4 heteroatoms. The van der Waals surface area contributed by atoms with Crippen LogP contribution >= 0.6 is 0 Å². The number of rotatable bonds is 2. The van der Waals surface area contributed by atoms with Crippen molar-refractivity contribution in [3.8, 4) is 0 Å². The van der Waals surface area contributed by atoms with Crippen LogP contribution in [0.25, 0.3) is 0 Å². The minimum atomic E-state index is -1.14. The molecule has 0 atom stereocenters. The van der Waals surface area contributed by atoms with Crippen LogP contribution in [0.3, 0.4) is 0 Å². The van der Waals surface area contributed by atoms with Crippen LogP contribution in [0.2, 0.25) is 0 Å². The number of carboxylic acids is 1. The highest BCUT2D eigenvalue weighted by atomic mass is 19.1. The second-order valence-corrected chi connectivity index (χ2v) is 3.05. The largest absolute Gasteiger partial charge is 0.478 e. The van der Waals surface area contributed by atoms with Gasteiger partial charge < -0.3 is 5.11 Å². The van der Waals surface area contributed by atoms with Gasteiger partial charge >= 0.3 is 5.97 Å². The third-order valence-corrected chi connectivity index (χ3v) is 1.66. The van der Waals surface area contributed by atoms with Crippen molar-refractivity contribution in [1.82, 2.24) is 4.98 Å². The zero-order valence-corrected chi connectivity index (χ0v) is 7.41. The lowest BCUT2D eigenvalue weighted by Crippen LogP contribution is -2.06. The van der Waals surface area contributed by atoms with E-state index in [1.807, 2.05) is 13.8 Å². The molecular weight excluding hydrogens is 173 g/mol. The molecule has 0 spiro atoms. The highest BCUT2D eigenvalue weighted by molar-refractivity contribution is 5.88.